The van der Waals surface area contributed by atoms with E-state index < -0.39 is 5.95 Å². The lowest BCUT2D eigenvalue weighted by Gasteiger charge is -2.06. The summed E-state index contributed by atoms with van der Waals surface area (Å²) in [5.74, 6) is -0.362. The fourth-order valence-electron chi connectivity index (χ4n) is 1.38. The number of aromatic nitrogens is 3. The molecule has 0 aromatic heterocycles. The quantitative estimate of drug-likeness (QED) is 0.766. The van der Waals surface area contributed by atoms with Crippen molar-refractivity contribution in [2.24, 2.45) is 0 Å². The van der Waals surface area contributed by atoms with Gasteiger partial charge in [0.25, 0.3) is 5.56 Å². The number of aryl methyl sites for hydroxylation is 2. The zero-order valence-corrected chi connectivity index (χ0v) is 8.47. The molecule has 2 aliphatic rings. The number of hydrogen-bond donors (Lipinski definition) is 1. The van der Waals surface area contributed by atoms with E-state index in [-0.39, 0.29) is 17.1 Å². The molecule has 15 heavy (non-hydrogen) atoms. The predicted molar refractivity (Wildman–Crippen MR) is 53.3 cm³/mol. The summed E-state index contributed by atoms with van der Waals surface area (Å²) >= 11 is 0. The topological polar surface area (TPSA) is 58.6 Å². The Morgan fingerprint density at radius 2 is 2.20 bits per heavy atom. The molecule has 2 aliphatic heterocycles. The normalized spacial score (nSPS) is 10.9. The van der Waals surface area contributed by atoms with Crippen LogP contribution in [-0.2, 0) is 6.42 Å². The van der Waals surface area contributed by atoms with E-state index in [0.29, 0.717) is 17.7 Å². The summed E-state index contributed by atoms with van der Waals surface area (Å²) in [5.41, 5.74) is 1.05. The van der Waals surface area contributed by atoms with Gasteiger partial charge in [-0.3, -0.25) is 4.79 Å². The molecule has 0 spiro atoms. The minimum Gasteiger partial charge on any atom is -0.313 e. The third-order valence-electron chi connectivity index (χ3n) is 2.26. The molecule has 78 valence electrons. The molecule has 1 N–H and O–H groups in total. The fraction of sp³-hybridized carbons (Fsp3) is 0.300. The molecule has 0 fully saturated rings. The number of nitrogens with zero attached hydrogens (tertiary/aromatic N) is 2. The predicted octanol–water partition coefficient (Wildman–Crippen LogP) is 1.28. The van der Waals surface area contributed by atoms with Crippen molar-refractivity contribution in [3.8, 4) is 11.5 Å². The molecule has 0 amide bonds. The summed E-state index contributed by atoms with van der Waals surface area (Å²) in [6.07, 6.45) is 0.597. The molecular formula is C10H10FN3O. The fourth-order valence-corrected chi connectivity index (χ4v) is 1.38. The molecule has 0 aromatic carbocycles. The number of H-pyrrole nitrogens is 1. The Kier molecular flexibility index (Phi) is 2.22. The molecule has 0 aromatic rings. The molecule has 0 saturated heterocycles. The molecule has 5 heteroatoms. The number of pyridine rings is 1. The first kappa shape index (κ1) is 9.76. The van der Waals surface area contributed by atoms with Gasteiger partial charge in [0.1, 0.15) is 5.69 Å². The van der Waals surface area contributed by atoms with E-state index in [1.54, 1.807) is 13.0 Å². The van der Waals surface area contributed by atoms with Crippen molar-refractivity contribution < 1.29 is 4.39 Å². The lowest BCUT2D eigenvalue weighted by atomic mass is 10.2. The van der Waals surface area contributed by atoms with E-state index in [1.165, 1.54) is 0 Å². The highest BCUT2D eigenvalue weighted by atomic mass is 19.1. The Hall–Kier alpha value is -1.78. The smallest absolute Gasteiger partial charge is 0.275 e. The van der Waals surface area contributed by atoms with E-state index in [1.807, 2.05) is 6.92 Å². The highest BCUT2D eigenvalue weighted by Gasteiger charge is 2.12. The summed E-state index contributed by atoms with van der Waals surface area (Å²) in [6, 6.07) is 1.65. The standard InChI is InChI=1S/C10H10FN3O/c1-3-6-4-7-9(14-10(6)15)13-8(11)5(2)12-7/h4H,3H2,1-2H3,(H,13,14,15). The molecular weight excluding hydrogens is 197 g/mol. The Morgan fingerprint density at radius 1 is 1.47 bits per heavy atom. The van der Waals surface area contributed by atoms with Crippen molar-refractivity contribution in [3.05, 3.63) is 33.6 Å². The maximum Gasteiger partial charge on any atom is 0.275 e. The molecule has 0 aliphatic carbocycles. The van der Waals surface area contributed by atoms with Crippen LogP contribution in [-0.4, -0.2) is 15.0 Å². The first-order valence-corrected chi connectivity index (χ1v) is 4.68. The summed E-state index contributed by atoms with van der Waals surface area (Å²) in [4.78, 5) is 21.5. The number of aromatic amines is 1. The van der Waals surface area contributed by atoms with Gasteiger partial charge >= 0.3 is 0 Å². The number of rotatable bonds is 1. The van der Waals surface area contributed by atoms with Gasteiger partial charge in [-0.25, -0.2) is 4.98 Å². The molecule has 0 atom stereocenters. The lowest BCUT2D eigenvalue weighted by molar-refractivity contribution is 0.564. The number of nitrogens with one attached hydrogen (secondary N) is 1. The van der Waals surface area contributed by atoms with Crippen LogP contribution in [0.2, 0.25) is 0 Å². The molecule has 0 unspecified atom stereocenters. The van der Waals surface area contributed by atoms with Gasteiger partial charge in [-0.2, -0.15) is 9.37 Å². The van der Waals surface area contributed by atoms with Crippen molar-refractivity contribution in [2.45, 2.75) is 20.3 Å². The van der Waals surface area contributed by atoms with Gasteiger partial charge in [-0.15, -0.1) is 0 Å². The Bertz CT molecular complexity index is 535. The third-order valence-corrected chi connectivity index (χ3v) is 2.26. The molecule has 0 radical (unpaired) electrons. The highest BCUT2D eigenvalue weighted by Crippen LogP contribution is 2.15. The molecule has 0 saturated carbocycles. The second-order valence-electron chi connectivity index (χ2n) is 3.31. The van der Waals surface area contributed by atoms with Crippen LogP contribution in [0.15, 0.2) is 10.9 Å². The summed E-state index contributed by atoms with van der Waals surface area (Å²) in [5, 5.41) is 0. The summed E-state index contributed by atoms with van der Waals surface area (Å²) in [6.45, 7) is 3.42. The van der Waals surface area contributed by atoms with Crippen molar-refractivity contribution in [2.75, 3.05) is 0 Å². The zero-order valence-electron chi connectivity index (χ0n) is 8.47. The van der Waals surface area contributed by atoms with Crippen LogP contribution in [0.5, 0.6) is 0 Å². The van der Waals surface area contributed by atoms with Crippen LogP contribution in [0, 0.1) is 12.9 Å². The van der Waals surface area contributed by atoms with Crippen LogP contribution in [0.4, 0.5) is 4.39 Å². The number of halogens is 1. The van der Waals surface area contributed by atoms with E-state index in [2.05, 4.69) is 15.0 Å². The number of hydrogen-bond acceptors (Lipinski definition) is 3. The molecule has 2 heterocycles. The zero-order chi connectivity index (χ0) is 11.0. The van der Waals surface area contributed by atoms with Gasteiger partial charge in [0.15, 0.2) is 5.82 Å². The van der Waals surface area contributed by atoms with Crippen LogP contribution in [0.3, 0.4) is 0 Å². The maximum absolute atomic E-state index is 13.1. The highest BCUT2D eigenvalue weighted by molar-refractivity contribution is 5.51. The Balaban J connectivity index is 2.78. The molecule has 4 nitrogen and oxygen atoms in total. The van der Waals surface area contributed by atoms with E-state index in [9.17, 15) is 9.18 Å². The minimum absolute atomic E-state index is 0.195. The first-order chi connectivity index (χ1) is 7.11. The monoisotopic (exact) mass is 207 g/mol. The van der Waals surface area contributed by atoms with Gasteiger partial charge < -0.3 is 4.98 Å². The Morgan fingerprint density at radius 3 is 2.87 bits per heavy atom. The average molecular weight is 207 g/mol. The molecule has 2 rings (SSSR count). The van der Waals surface area contributed by atoms with Gasteiger partial charge in [-0.05, 0) is 19.4 Å². The van der Waals surface area contributed by atoms with Gasteiger partial charge in [0.05, 0.1) is 5.69 Å². The average Bonchev–Trinajstić information content (AvgIpc) is 2.20. The number of fused-ring (bicyclic) bond motifs is 1. The van der Waals surface area contributed by atoms with Crippen LogP contribution in [0.25, 0.3) is 11.5 Å². The van der Waals surface area contributed by atoms with Crippen molar-refractivity contribution >= 4 is 0 Å². The Labute approximate surface area is 85.5 Å². The van der Waals surface area contributed by atoms with Gasteiger partial charge in [0, 0.05) is 5.56 Å². The van der Waals surface area contributed by atoms with Gasteiger partial charge in [-0.1, -0.05) is 6.92 Å². The second kappa shape index (κ2) is 3.42. The van der Waals surface area contributed by atoms with Crippen molar-refractivity contribution in [3.63, 3.8) is 0 Å². The van der Waals surface area contributed by atoms with E-state index in [4.69, 9.17) is 0 Å². The second-order valence-corrected chi connectivity index (χ2v) is 3.31. The largest absolute Gasteiger partial charge is 0.313 e. The first-order valence-electron chi connectivity index (χ1n) is 4.68. The van der Waals surface area contributed by atoms with Crippen LogP contribution >= 0.6 is 0 Å². The van der Waals surface area contributed by atoms with E-state index >= 15 is 0 Å². The van der Waals surface area contributed by atoms with Crippen LogP contribution in [0.1, 0.15) is 18.2 Å². The summed E-state index contributed by atoms with van der Waals surface area (Å²) in [7, 11) is 0. The van der Waals surface area contributed by atoms with Crippen LogP contribution < -0.4 is 5.56 Å². The van der Waals surface area contributed by atoms with Crippen molar-refractivity contribution in [1.29, 1.82) is 0 Å². The van der Waals surface area contributed by atoms with E-state index in [0.717, 1.165) is 0 Å². The SMILES string of the molecule is CCc1cc2nc(C)c(F)[nH]c-2nc1=O. The maximum atomic E-state index is 13.1. The summed E-state index contributed by atoms with van der Waals surface area (Å²) < 4.78 is 13.1. The minimum atomic E-state index is -0.557. The molecule has 0 bridgehead atoms. The van der Waals surface area contributed by atoms with Gasteiger partial charge in [0.2, 0.25) is 5.95 Å². The lowest BCUT2D eigenvalue weighted by Crippen LogP contribution is -2.16. The van der Waals surface area contributed by atoms with Crippen molar-refractivity contribution in [1.82, 2.24) is 15.0 Å². The third kappa shape index (κ3) is 1.60.